The van der Waals surface area contributed by atoms with Crippen LogP contribution in [0.25, 0.3) is 6.08 Å². The fourth-order valence-electron chi connectivity index (χ4n) is 6.81. The van der Waals surface area contributed by atoms with E-state index in [0.29, 0.717) is 18.4 Å². The van der Waals surface area contributed by atoms with Gasteiger partial charge in [0, 0.05) is 6.08 Å². The number of phenols is 1. The molecule has 51 heavy (non-hydrogen) atoms. The van der Waals surface area contributed by atoms with Gasteiger partial charge in [-0.15, -0.1) is 0 Å². The Labute approximate surface area is 296 Å². The molecule has 0 aromatic heterocycles. The molecule has 1 saturated carbocycles. The number of esters is 1. The predicted octanol–water partition coefficient (Wildman–Crippen LogP) is -0.252. The van der Waals surface area contributed by atoms with Crippen LogP contribution in [0.5, 0.6) is 17.2 Å². The van der Waals surface area contributed by atoms with Crippen molar-refractivity contribution in [2.45, 2.75) is 107 Å². The summed E-state index contributed by atoms with van der Waals surface area (Å²) in [6, 6.07) is 2.91. The molecular formula is C35H52O16. The second kappa shape index (κ2) is 16.4. The second-order valence-electron chi connectivity index (χ2n) is 14.2. The summed E-state index contributed by atoms with van der Waals surface area (Å²) in [4.78, 5) is 12.5. The van der Waals surface area contributed by atoms with Gasteiger partial charge in [-0.25, -0.2) is 4.79 Å². The van der Waals surface area contributed by atoms with E-state index in [9.17, 15) is 45.6 Å². The molecule has 0 spiro atoms. The van der Waals surface area contributed by atoms with Crippen LogP contribution in [0.15, 0.2) is 30.4 Å². The van der Waals surface area contributed by atoms with Crippen molar-refractivity contribution in [2.24, 2.45) is 11.3 Å². The highest BCUT2D eigenvalue weighted by Crippen LogP contribution is 2.49. The molecule has 2 heterocycles. The molecule has 288 valence electrons. The number of methoxy groups -OCH3 is 2. The molecule has 1 aromatic carbocycles. The molecule has 12 atom stereocenters. The molecule has 3 fully saturated rings. The van der Waals surface area contributed by atoms with Crippen molar-refractivity contribution in [3.63, 3.8) is 0 Å². The van der Waals surface area contributed by atoms with Crippen LogP contribution in [0.4, 0.5) is 0 Å². The highest BCUT2D eigenvalue weighted by atomic mass is 16.8. The van der Waals surface area contributed by atoms with E-state index in [1.54, 1.807) is 13.0 Å². The third kappa shape index (κ3) is 8.85. The smallest absolute Gasteiger partial charge is 0.330 e. The van der Waals surface area contributed by atoms with Crippen molar-refractivity contribution in [1.82, 2.24) is 0 Å². The van der Waals surface area contributed by atoms with Crippen molar-refractivity contribution in [2.75, 3.05) is 34.0 Å². The summed E-state index contributed by atoms with van der Waals surface area (Å²) in [5, 5.41) is 85.1. The maximum absolute atomic E-state index is 12.5. The number of benzene rings is 1. The van der Waals surface area contributed by atoms with E-state index >= 15 is 0 Å². The van der Waals surface area contributed by atoms with E-state index in [-0.39, 0.29) is 23.2 Å². The molecule has 3 aliphatic rings. The zero-order valence-corrected chi connectivity index (χ0v) is 29.6. The number of aromatic hydroxyl groups is 1. The van der Waals surface area contributed by atoms with Crippen molar-refractivity contribution >= 4 is 12.0 Å². The van der Waals surface area contributed by atoms with Gasteiger partial charge in [-0.1, -0.05) is 32.9 Å². The average molecular weight is 729 g/mol. The lowest BCUT2D eigenvalue weighted by atomic mass is 9.59. The number of aliphatic hydroxyl groups excluding tert-OH is 5. The number of hydrogen-bond donors (Lipinski definition) is 8. The van der Waals surface area contributed by atoms with Gasteiger partial charge >= 0.3 is 5.97 Å². The molecular weight excluding hydrogens is 676 g/mol. The van der Waals surface area contributed by atoms with Gasteiger partial charge in [0.05, 0.1) is 45.2 Å². The summed E-state index contributed by atoms with van der Waals surface area (Å²) < 4.78 is 38.9. The van der Waals surface area contributed by atoms with Crippen LogP contribution < -0.4 is 9.47 Å². The summed E-state index contributed by atoms with van der Waals surface area (Å²) in [6.07, 6.45) is -5.96. The van der Waals surface area contributed by atoms with Crippen LogP contribution in [0.3, 0.4) is 0 Å². The molecule has 1 aliphatic carbocycles. The Morgan fingerprint density at radius 1 is 1.06 bits per heavy atom. The van der Waals surface area contributed by atoms with E-state index in [2.05, 4.69) is 0 Å². The van der Waals surface area contributed by atoms with Crippen molar-refractivity contribution < 1.29 is 78.8 Å². The molecule has 8 N–H and O–H groups in total. The number of rotatable bonds is 13. The Balaban J connectivity index is 1.43. The molecule has 0 unspecified atom stereocenters. The molecule has 2 saturated heterocycles. The third-order valence-electron chi connectivity index (χ3n) is 9.95. The highest BCUT2D eigenvalue weighted by molar-refractivity contribution is 5.87. The zero-order valence-electron chi connectivity index (χ0n) is 29.6. The molecule has 0 amide bonds. The van der Waals surface area contributed by atoms with Crippen LogP contribution in [-0.4, -0.2) is 147 Å². The summed E-state index contributed by atoms with van der Waals surface area (Å²) in [7, 11) is 2.70. The molecule has 1 aromatic rings. The van der Waals surface area contributed by atoms with Crippen LogP contribution in [-0.2, 0) is 28.5 Å². The maximum atomic E-state index is 12.5. The fourth-order valence-corrected chi connectivity index (χ4v) is 6.81. The first-order valence-electron chi connectivity index (χ1n) is 16.7. The minimum atomic E-state index is -2.13. The first-order valence-corrected chi connectivity index (χ1v) is 16.7. The number of ether oxygens (including phenoxy) is 7. The molecule has 2 aliphatic heterocycles. The number of hydrogen-bond acceptors (Lipinski definition) is 16. The molecule has 0 radical (unpaired) electrons. The van der Waals surface area contributed by atoms with Gasteiger partial charge in [-0.2, -0.15) is 0 Å². The van der Waals surface area contributed by atoms with Crippen molar-refractivity contribution in [3.05, 3.63) is 35.9 Å². The van der Waals surface area contributed by atoms with Crippen molar-refractivity contribution in [3.8, 4) is 17.2 Å². The third-order valence-corrected chi connectivity index (χ3v) is 9.95. The largest absolute Gasteiger partial charge is 0.502 e. The van der Waals surface area contributed by atoms with Gasteiger partial charge in [0.2, 0.25) is 5.75 Å². The van der Waals surface area contributed by atoms with Gasteiger partial charge in [0.25, 0.3) is 0 Å². The van der Waals surface area contributed by atoms with E-state index in [4.69, 9.17) is 33.2 Å². The number of phenolic OH excluding ortho intramolecular Hbond substituents is 1. The topological polar surface area (TPSA) is 244 Å². The summed E-state index contributed by atoms with van der Waals surface area (Å²) in [5.41, 5.74) is -3.73. The number of carbonyl (C=O) groups is 1. The van der Waals surface area contributed by atoms with Gasteiger partial charge in [-0.3, -0.25) is 0 Å². The molecule has 16 nitrogen and oxygen atoms in total. The number of carbonyl (C=O) groups excluding carboxylic acids is 1. The molecule has 4 rings (SSSR count). The van der Waals surface area contributed by atoms with Gasteiger partial charge in [0.1, 0.15) is 37.1 Å². The summed E-state index contributed by atoms with van der Waals surface area (Å²) in [6.45, 7) is 5.22. The monoisotopic (exact) mass is 728 g/mol. The fraction of sp³-hybridized carbons (Fsp3) is 0.686. The lowest BCUT2D eigenvalue weighted by Gasteiger charge is -2.52. The Morgan fingerprint density at radius 3 is 2.27 bits per heavy atom. The zero-order chi connectivity index (χ0) is 37.9. The van der Waals surface area contributed by atoms with Crippen LogP contribution in [0, 0.1) is 11.3 Å². The first kappa shape index (κ1) is 40.9. The number of aliphatic hydroxyl groups is 7. The quantitative estimate of drug-likeness (QED) is 0.0742. The van der Waals surface area contributed by atoms with Gasteiger partial charge in [-0.05, 0) is 54.9 Å². The highest BCUT2D eigenvalue weighted by Gasteiger charge is 2.56. The first-order chi connectivity index (χ1) is 23.9. The van der Waals surface area contributed by atoms with Gasteiger partial charge < -0.3 is 74.0 Å². The van der Waals surface area contributed by atoms with E-state index in [0.717, 1.165) is 6.08 Å². The average Bonchev–Trinajstić information content (AvgIpc) is 3.36. The SMILES string of the molecule is COc1cc(/C=C/C(=O)OC[C@@]2(O)CO[C@@H](O[C@H]3[C@H](O[C@H]4C[C@@H](C)[C@](O)(/C=C/[C@@H](C)O)C(C)(C)C4)O[C@H](CO)[C@@H](O)[C@@H]3O)[C@@H]2O)cc(OC)c1O. The predicted molar refractivity (Wildman–Crippen MR) is 177 cm³/mol. The summed E-state index contributed by atoms with van der Waals surface area (Å²) >= 11 is 0. The Bertz CT molecular complexity index is 1370. The lowest BCUT2D eigenvalue weighted by Crippen LogP contribution is -2.63. The maximum Gasteiger partial charge on any atom is 0.330 e. The van der Waals surface area contributed by atoms with Crippen LogP contribution >= 0.6 is 0 Å². The van der Waals surface area contributed by atoms with Crippen LogP contribution in [0.1, 0.15) is 46.1 Å². The minimum Gasteiger partial charge on any atom is -0.502 e. The normalized spacial score (nSPS) is 37.5. The Morgan fingerprint density at radius 2 is 1.71 bits per heavy atom. The van der Waals surface area contributed by atoms with Crippen molar-refractivity contribution in [1.29, 1.82) is 0 Å². The van der Waals surface area contributed by atoms with E-state index in [1.807, 2.05) is 20.8 Å². The standard InChI is InChI=1S/C35H52O16/c1-18-11-21(14-33(3,4)35(18,44)10-9-19(2)37)49-31-29(28(41)27(40)24(15-36)50-31)51-32-30(42)34(43,17-48-32)16-47-25(38)8-7-20-12-22(45-5)26(39)23(13-20)46-6/h7-10,12-13,18-19,21,24,27-32,36-37,39-44H,11,14-17H2,1-6H3/b8-7+,10-9+/t18-,19-,21+,24-,27-,28+,29-,30+,31-,32+,34-,35-/m1/s1. The lowest BCUT2D eigenvalue weighted by molar-refractivity contribution is -0.348. The summed E-state index contributed by atoms with van der Waals surface area (Å²) in [5.74, 6) is -1.23. The van der Waals surface area contributed by atoms with E-state index in [1.165, 1.54) is 38.5 Å². The minimum absolute atomic E-state index is 0.111. The van der Waals surface area contributed by atoms with Crippen LogP contribution in [0.2, 0.25) is 0 Å². The van der Waals surface area contributed by atoms with E-state index < -0.39 is 97.7 Å². The molecule has 16 heteroatoms. The Hall–Kier alpha value is -2.87. The Kier molecular flexibility index (Phi) is 13.2. The second-order valence-corrected chi connectivity index (χ2v) is 14.2. The molecule has 0 bridgehead atoms. The van der Waals surface area contributed by atoms with Gasteiger partial charge in [0.15, 0.2) is 29.7 Å².